The highest BCUT2D eigenvalue weighted by Gasteiger charge is 2.31. The van der Waals surface area contributed by atoms with Gasteiger partial charge in [0, 0.05) is 24.7 Å². The maximum Gasteiger partial charge on any atom is 0.326 e. The molecular weight excluding hydrogens is 498 g/mol. The summed E-state index contributed by atoms with van der Waals surface area (Å²) >= 11 is 1.38. The molecule has 1 aromatic rings. The molecule has 36 heavy (non-hydrogen) atoms. The fourth-order valence-electron chi connectivity index (χ4n) is 2.96. The van der Waals surface area contributed by atoms with Crippen LogP contribution in [0.3, 0.4) is 0 Å². The fraction of sp³-hybridized carbons (Fsp3) is 0.550. The SMILES string of the molecule is CSCCC(NC(=O)C(N)CCC(=O)O)C(=O)NC(CC(N)=O)C(=O)NC(Cc1cnc[nH]1)C(=O)O. The lowest BCUT2D eigenvalue weighted by atomic mass is 10.1. The summed E-state index contributed by atoms with van der Waals surface area (Å²) in [5, 5.41) is 25.2. The van der Waals surface area contributed by atoms with Gasteiger partial charge in [0.15, 0.2) is 0 Å². The van der Waals surface area contributed by atoms with Gasteiger partial charge in [-0.15, -0.1) is 0 Å². The zero-order chi connectivity index (χ0) is 27.3. The summed E-state index contributed by atoms with van der Waals surface area (Å²) in [6, 6.07) is -5.27. The molecule has 0 spiro atoms. The van der Waals surface area contributed by atoms with E-state index >= 15 is 0 Å². The Morgan fingerprint density at radius 2 is 1.61 bits per heavy atom. The number of carboxylic acids is 2. The van der Waals surface area contributed by atoms with Crippen molar-refractivity contribution >= 4 is 47.3 Å². The number of thioether (sulfide) groups is 1. The summed E-state index contributed by atoms with van der Waals surface area (Å²) in [5.41, 5.74) is 11.3. The number of nitrogens with zero attached hydrogens (tertiary/aromatic N) is 1. The summed E-state index contributed by atoms with van der Waals surface area (Å²) in [7, 11) is 0. The molecule has 15 nitrogen and oxygen atoms in total. The van der Waals surface area contributed by atoms with Crippen LogP contribution in [0.15, 0.2) is 12.5 Å². The van der Waals surface area contributed by atoms with Gasteiger partial charge < -0.3 is 42.6 Å². The number of hydrogen-bond donors (Lipinski definition) is 8. The number of carbonyl (C=O) groups is 6. The fourth-order valence-corrected chi connectivity index (χ4v) is 3.44. The summed E-state index contributed by atoms with van der Waals surface area (Å²) < 4.78 is 0. The van der Waals surface area contributed by atoms with Crippen LogP contribution in [-0.2, 0) is 35.2 Å². The van der Waals surface area contributed by atoms with Gasteiger partial charge in [0.1, 0.15) is 18.1 Å². The standard InChI is InChI=1S/C20H31N7O8S/c1-36-5-4-12(25-17(31)11(21)2-3-16(29)30)18(32)26-13(7-15(22)28)19(33)27-14(20(34)35)6-10-8-23-9-24-10/h8-9,11-14H,2-7,21H2,1H3,(H2,22,28)(H,23,24)(H,25,31)(H,26,32)(H,27,33)(H,29,30)(H,34,35). The first kappa shape index (κ1) is 30.4. The molecular formula is C20H31N7O8S. The molecule has 16 heteroatoms. The Morgan fingerprint density at radius 3 is 2.14 bits per heavy atom. The number of imidazole rings is 1. The number of nitrogens with one attached hydrogen (secondary N) is 4. The van der Waals surface area contributed by atoms with E-state index in [2.05, 4.69) is 25.9 Å². The molecule has 4 unspecified atom stereocenters. The molecule has 0 aliphatic heterocycles. The van der Waals surface area contributed by atoms with Crippen LogP contribution in [0.5, 0.6) is 0 Å². The van der Waals surface area contributed by atoms with Crippen molar-refractivity contribution in [1.29, 1.82) is 0 Å². The van der Waals surface area contributed by atoms with E-state index in [0.29, 0.717) is 11.4 Å². The van der Waals surface area contributed by atoms with Crippen molar-refractivity contribution in [3.8, 4) is 0 Å². The first-order chi connectivity index (χ1) is 16.9. The molecule has 0 radical (unpaired) electrons. The average molecular weight is 530 g/mol. The van der Waals surface area contributed by atoms with Gasteiger partial charge in [-0.3, -0.25) is 24.0 Å². The monoisotopic (exact) mass is 529 g/mol. The predicted octanol–water partition coefficient (Wildman–Crippen LogP) is -2.69. The van der Waals surface area contributed by atoms with E-state index in [0.717, 1.165) is 0 Å². The van der Waals surface area contributed by atoms with E-state index in [1.807, 2.05) is 0 Å². The van der Waals surface area contributed by atoms with Crippen LogP contribution in [0.4, 0.5) is 0 Å². The van der Waals surface area contributed by atoms with Crippen molar-refractivity contribution in [2.75, 3.05) is 12.0 Å². The van der Waals surface area contributed by atoms with E-state index in [4.69, 9.17) is 16.6 Å². The lowest BCUT2D eigenvalue weighted by Crippen LogP contribution is -2.58. The van der Waals surface area contributed by atoms with Crippen LogP contribution >= 0.6 is 11.8 Å². The summed E-state index contributed by atoms with van der Waals surface area (Å²) in [5.74, 6) is -5.56. The number of rotatable bonds is 17. The third kappa shape index (κ3) is 11.2. The summed E-state index contributed by atoms with van der Waals surface area (Å²) in [6.07, 6.45) is 3.34. The highest BCUT2D eigenvalue weighted by atomic mass is 32.2. The van der Waals surface area contributed by atoms with E-state index in [1.165, 1.54) is 24.3 Å². The van der Waals surface area contributed by atoms with Crippen molar-refractivity contribution in [2.45, 2.75) is 56.3 Å². The van der Waals surface area contributed by atoms with Crippen LogP contribution in [0, 0.1) is 0 Å². The normalized spacial score (nSPS) is 14.1. The van der Waals surface area contributed by atoms with Crippen LogP contribution in [0.2, 0.25) is 0 Å². The molecule has 0 aromatic carbocycles. The zero-order valence-corrected chi connectivity index (χ0v) is 20.4. The van der Waals surface area contributed by atoms with E-state index < -0.39 is 66.2 Å². The first-order valence-corrected chi connectivity index (χ1v) is 12.2. The quantitative estimate of drug-likeness (QED) is 0.103. The summed E-state index contributed by atoms with van der Waals surface area (Å²) in [4.78, 5) is 78.4. The lowest BCUT2D eigenvalue weighted by Gasteiger charge is -2.24. The van der Waals surface area contributed by atoms with E-state index in [9.17, 15) is 33.9 Å². The average Bonchev–Trinajstić information content (AvgIpc) is 3.31. The van der Waals surface area contributed by atoms with Crippen molar-refractivity contribution in [1.82, 2.24) is 25.9 Å². The summed E-state index contributed by atoms with van der Waals surface area (Å²) in [6.45, 7) is 0. The molecule has 0 aliphatic carbocycles. The number of primary amides is 1. The lowest BCUT2D eigenvalue weighted by molar-refractivity contribution is -0.142. The Hall–Kier alpha value is -3.66. The van der Waals surface area contributed by atoms with E-state index in [1.54, 1.807) is 6.26 Å². The van der Waals surface area contributed by atoms with Gasteiger partial charge in [0.2, 0.25) is 23.6 Å². The topological polar surface area (TPSA) is 260 Å². The maximum absolute atomic E-state index is 12.9. The Kier molecular flexibility index (Phi) is 13.0. The number of nitrogens with two attached hydrogens (primary N) is 2. The molecule has 1 heterocycles. The van der Waals surface area contributed by atoms with Crippen LogP contribution in [0.25, 0.3) is 0 Å². The van der Waals surface area contributed by atoms with Crippen LogP contribution in [0.1, 0.15) is 31.4 Å². The number of aromatic nitrogens is 2. The van der Waals surface area contributed by atoms with Crippen molar-refractivity contribution in [2.24, 2.45) is 11.5 Å². The first-order valence-electron chi connectivity index (χ1n) is 10.8. The minimum atomic E-state index is -1.52. The highest BCUT2D eigenvalue weighted by Crippen LogP contribution is 2.06. The number of hydrogen-bond acceptors (Lipinski definition) is 9. The number of aromatic amines is 1. The van der Waals surface area contributed by atoms with Gasteiger partial charge >= 0.3 is 11.9 Å². The molecule has 1 rings (SSSR count). The number of amides is 4. The molecule has 0 aliphatic rings. The second-order valence-corrected chi connectivity index (χ2v) is 8.78. The van der Waals surface area contributed by atoms with Gasteiger partial charge in [0.25, 0.3) is 0 Å². The second kappa shape index (κ2) is 15.4. The van der Waals surface area contributed by atoms with E-state index in [-0.39, 0.29) is 25.7 Å². The Labute approximate surface area is 210 Å². The number of carboxylic acid groups (broad SMARTS) is 2. The highest BCUT2D eigenvalue weighted by molar-refractivity contribution is 7.98. The zero-order valence-electron chi connectivity index (χ0n) is 19.6. The number of carbonyl (C=O) groups excluding carboxylic acids is 4. The van der Waals surface area contributed by atoms with Crippen LogP contribution in [-0.4, -0.2) is 91.9 Å². The molecule has 0 fully saturated rings. The van der Waals surface area contributed by atoms with Gasteiger partial charge in [-0.05, 0) is 24.9 Å². The molecule has 4 amide bonds. The Bertz CT molecular complexity index is 927. The van der Waals surface area contributed by atoms with Gasteiger partial charge in [0.05, 0.1) is 18.8 Å². The minimum absolute atomic E-state index is 0.132. The molecule has 0 saturated carbocycles. The maximum atomic E-state index is 12.9. The number of H-pyrrole nitrogens is 1. The largest absolute Gasteiger partial charge is 0.481 e. The number of aliphatic carboxylic acids is 2. The van der Waals surface area contributed by atoms with Crippen molar-refractivity contribution in [3.63, 3.8) is 0 Å². The van der Waals surface area contributed by atoms with Crippen molar-refractivity contribution < 1.29 is 39.0 Å². The predicted molar refractivity (Wildman–Crippen MR) is 127 cm³/mol. The molecule has 4 atom stereocenters. The molecule has 0 bridgehead atoms. The smallest absolute Gasteiger partial charge is 0.326 e. The molecule has 1 aromatic heterocycles. The molecule has 0 saturated heterocycles. The third-order valence-corrected chi connectivity index (χ3v) is 5.53. The van der Waals surface area contributed by atoms with Crippen LogP contribution < -0.4 is 27.4 Å². The third-order valence-electron chi connectivity index (χ3n) is 4.88. The molecule has 200 valence electrons. The van der Waals surface area contributed by atoms with Gasteiger partial charge in [-0.25, -0.2) is 9.78 Å². The Morgan fingerprint density at radius 1 is 1.00 bits per heavy atom. The van der Waals surface area contributed by atoms with Gasteiger partial charge in [-0.1, -0.05) is 0 Å². The second-order valence-electron chi connectivity index (χ2n) is 7.79. The van der Waals surface area contributed by atoms with Gasteiger partial charge in [-0.2, -0.15) is 11.8 Å². The minimum Gasteiger partial charge on any atom is -0.481 e. The Balaban J connectivity index is 2.94. The molecule has 10 N–H and O–H groups in total. The van der Waals surface area contributed by atoms with Crippen molar-refractivity contribution in [3.05, 3.63) is 18.2 Å².